The summed E-state index contributed by atoms with van der Waals surface area (Å²) < 4.78 is 13.4. The Morgan fingerprint density at radius 3 is 2.59 bits per heavy atom. The number of methoxy groups -OCH3 is 1. The minimum absolute atomic E-state index is 0.0379. The standard InChI is InChI=1S/C21H24BN3O2/c1-14(2)27-19-12-20(26-3)17(22)11-16(19)18-13-25-9-6-15(10-21(25)23-18)24-7-4-5-8-24/h6,9-14H,4-5,7-8H2,1-3H3. The largest absolute Gasteiger partial charge is 0.497 e. The van der Waals surface area contributed by atoms with E-state index < -0.39 is 0 Å². The molecule has 0 bridgehead atoms. The number of ether oxygens (including phenoxy) is 2. The van der Waals surface area contributed by atoms with Crippen molar-refractivity contribution in [2.75, 3.05) is 25.1 Å². The summed E-state index contributed by atoms with van der Waals surface area (Å²) in [6.07, 6.45) is 6.63. The molecule has 1 fully saturated rings. The quantitative estimate of drug-likeness (QED) is 0.655. The Bertz CT molecular complexity index is 961. The summed E-state index contributed by atoms with van der Waals surface area (Å²) >= 11 is 0. The third-order valence-electron chi connectivity index (χ3n) is 4.89. The van der Waals surface area contributed by atoms with Gasteiger partial charge in [-0.2, -0.15) is 0 Å². The average Bonchev–Trinajstić information content (AvgIpc) is 3.31. The van der Waals surface area contributed by atoms with Gasteiger partial charge in [-0.3, -0.25) is 0 Å². The molecular formula is C21H24BN3O2. The van der Waals surface area contributed by atoms with Crippen LogP contribution in [0.25, 0.3) is 16.9 Å². The van der Waals surface area contributed by atoms with Crippen LogP contribution in [0.1, 0.15) is 26.7 Å². The highest BCUT2D eigenvalue weighted by Gasteiger charge is 2.17. The van der Waals surface area contributed by atoms with Gasteiger partial charge < -0.3 is 18.8 Å². The van der Waals surface area contributed by atoms with E-state index in [0.717, 1.165) is 35.7 Å². The predicted octanol–water partition coefficient (Wildman–Crippen LogP) is 3.19. The maximum Gasteiger partial charge on any atom is 0.139 e. The Balaban J connectivity index is 1.77. The van der Waals surface area contributed by atoms with Crippen LogP contribution in [0, 0.1) is 0 Å². The van der Waals surface area contributed by atoms with Crippen molar-refractivity contribution >= 4 is 24.6 Å². The minimum atomic E-state index is 0.0379. The molecule has 0 amide bonds. The first kappa shape index (κ1) is 17.8. The molecule has 1 saturated heterocycles. The first-order valence-corrected chi connectivity index (χ1v) is 9.43. The van der Waals surface area contributed by atoms with E-state index >= 15 is 0 Å². The number of hydrogen-bond donors (Lipinski definition) is 0. The van der Waals surface area contributed by atoms with E-state index in [1.54, 1.807) is 7.11 Å². The van der Waals surface area contributed by atoms with Gasteiger partial charge >= 0.3 is 0 Å². The molecule has 0 spiro atoms. The van der Waals surface area contributed by atoms with Gasteiger partial charge in [-0.05, 0) is 32.8 Å². The second kappa shape index (κ2) is 7.18. The fraction of sp³-hybridized carbons (Fsp3) is 0.381. The molecule has 2 radical (unpaired) electrons. The Morgan fingerprint density at radius 2 is 1.89 bits per heavy atom. The van der Waals surface area contributed by atoms with Gasteiger partial charge in [-0.25, -0.2) is 4.98 Å². The number of pyridine rings is 1. The molecule has 1 aliphatic rings. The first-order chi connectivity index (χ1) is 13.0. The maximum atomic E-state index is 6.15. The van der Waals surface area contributed by atoms with Crippen molar-refractivity contribution in [3.63, 3.8) is 0 Å². The van der Waals surface area contributed by atoms with Crippen LogP contribution in [0.3, 0.4) is 0 Å². The number of aromatic nitrogens is 2. The molecule has 0 atom stereocenters. The number of nitrogens with zero attached hydrogens (tertiary/aromatic N) is 3. The summed E-state index contributed by atoms with van der Waals surface area (Å²) in [5.41, 5.74) is 4.41. The number of fused-ring (bicyclic) bond motifs is 1. The Kier molecular flexibility index (Phi) is 4.73. The number of hydrogen-bond acceptors (Lipinski definition) is 4. The summed E-state index contributed by atoms with van der Waals surface area (Å²) in [5.74, 6) is 1.33. The summed E-state index contributed by atoms with van der Waals surface area (Å²) in [7, 11) is 7.75. The maximum absolute atomic E-state index is 6.15. The van der Waals surface area contributed by atoms with Crippen LogP contribution in [0.15, 0.2) is 36.7 Å². The molecule has 4 rings (SSSR count). The van der Waals surface area contributed by atoms with Gasteiger partial charge in [-0.1, -0.05) is 11.5 Å². The molecule has 0 unspecified atom stereocenters. The number of rotatable bonds is 5. The lowest BCUT2D eigenvalue weighted by molar-refractivity contribution is 0.242. The molecule has 138 valence electrons. The molecular weight excluding hydrogens is 337 g/mol. The third kappa shape index (κ3) is 3.48. The molecule has 2 aromatic heterocycles. The first-order valence-electron chi connectivity index (χ1n) is 9.43. The van der Waals surface area contributed by atoms with Gasteiger partial charge in [0.05, 0.1) is 18.9 Å². The van der Waals surface area contributed by atoms with Gasteiger partial charge in [-0.15, -0.1) is 0 Å². The fourth-order valence-corrected chi connectivity index (χ4v) is 3.58. The van der Waals surface area contributed by atoms with Crippen LogP contribution in [-0.4, -0.2) is 43.5 Å². The molecule has 0 N–H and O–H groups in total. The second-order valence-electron chi connectivity index (χ2n) is 7.23. The normalized spacial score (nSPS) is 14.3. The topological polar surface area (TPSA) is 39.0 Å². The van der Waals surface area contributed by atoms with E-state index in [-0.39, 0.29) is 6.10 Å². The summed E-state index contributed by atoms with van der Waals surface area (Å²) in [6.45, 7) is 6.23. The van der Waals surface area contributed by atoms with Crippen LogP contribution < -0.4 is 19.8 Å². The molecule has 27 heavy (non-hydrogen) atoms. The van der Waals surface area contributed by atoms with Crippen molar-refractivity contribution in [1.29, 1.82) is 0 Å². The van der Waals surface area contributed by atoms with Crippen molar-refractivity contribution in [3.05, 3.63) is 36.7 Å². The van der Waals surface area contributed by atoms with Crippen LogP contribution in [0.4, 0.5) is 5.69 Å². The van der Waals surface area contributed by atoms with Crippen LogP contribution in [0.5, 0.6) is 11.5 Å². The predicted molar refractivity (Wildman–Crippen MR) is 110 cm³/mol. The van der Waals surface area contributed by atoms with E-state index in [4.69, 9.17) is 22.3 Å². The molecule has 5 nitrogen and oxygen atoms in total. The van der Waals surface area contributed by atoms with Gasteiger partial charge in [0.1, 0.15) is 25.0 Å². The van der Waals surface area contributed by atoms with Crippen molar-refractivity contribution < 1.29 is 9.47 Å². The van der Waals surface area contributed by atoms with Gasteiger partial charge in [0, 0.05) is 48.9 Å². The van der Waals surface area contributed by atoms with Gasteiger partial charge in [0.15, 0.2) is 0 Å². The van der Waals surface area contributed by atoms with Crippen molar-refractivity contribution in [1.82, 2.24) is 9.38 Å². The number of anilines is 1. The van der Waals surface area contributed by atoms with Gasteiger partial charge in [0.25, 0.3) is 0 Å². The van der Waals surface area contributed by atoms with Crippen LogP contribution >= 0.6 is 0 Å². The van der Waals surface area contributed by atoms with Crippen LogP contribution in [-0.2, 0) is 0 Å². The van der Waals surface area contributed by atoms with E-state index in [0.29, 0.717) is 11.2 Å². The lowest BCUT2D eigenvalue weighted by Gasteiger charge is -2.17. The van der Waals surface area contributed by atoms with E-state index in [9.17, 15) is 0 Å². The monoisotopic (exact) mass is 361 g/mol. The zero-order chi connectivity index (χ0) is 19.0. The molecule has 1 aliphatic heterocycles. The summed E-state index contributed by atoms with van der Waals surface area (Å²) in [6, 6.07) is 8.01. The zero-order valence-corrected chi connectivity index (χ0v) is 16.1. The third-order valence-corrected chi connectivity index (χ3v) is 4.89. The second-order valence-corrected chi connectivity index (χ2v) is 7.23. The molecule has 0 aliphatic carbocycles. The number of imidazole rings is 1. The highest BCUT2D eigenvalue weighted by Crippen LogP contribution is 2.33. The molecule has 3 heterocycles. The van der Waals surface area contributed by atoms with Crippen molar-refractivity contribution in [2.45, 2.75) is 32.8 Å². The zero-order valence-electron chi connectivity index (χ0n) is 16.1. The molecule has 3 aromatic rings. The Morgan fingerprint density at radius 1 is 1.11 bits per heavy atom. The number of benzene rings is 1. The molecule has 0 saturated carbocycles. The minimum Gasteiger partial charge on any atom is -0.497 e. The van der Waals surface area contributed by atoms with Crippen LogP contribution in [0.2, 0.25) is 0 Å². The fourth-order valence-electron chi connectivity index (χ4n) is 3.58. The highest BCUT2D eigenvalue weighted by molar-refractivity contribution is 6.34. The van der Waals surface area contributed by atoms with E-state index in [1.165, 1.54) is 18.5 Å². The lowest BCUT2D eigenvalue weighted by atomic mass is 9.92. The lowest BCUT2D eigenvalue weighted by Crippen LogP contribution is -2.17. The van der Waals surface area contributed by atoms with Crippen molar-refractivity contribution in [2.24, 2.45) is 0 Å². The smallest absolute Gasteiger partial charge is 0.139 e. The summed E-state index contributed by atoms with van der Waals surface area (Å²) in [5, 5.41) is 0. The average molecular weight is 361 g/mol. The Labute approximate surface area is 161 Å². The van der Waals surface area contributed by atoms with E-state index in [1.807, 2.05) is 36.6 Å². The Hall–Kier alpha value is -2.63. The van der Waals surface area contributed by atoms with Crippen molar-refractivity contribution in [3.8, 4) is 22.8 Å². The van der Waals surface area contributed by atoms with E-state index in [2.05, 4.69) is 23.2 Å². The van der Waals surface area contributed by atoms with Gasteiger partial charge in [0.2, 0.25) is 0 Å². The summed E-state index contributed by atoms with van der Waals surface area (Å²) in [4.78, 5) is 7.25. The molecule has 6 heteroatoms. The molecule has 1 aromatic carbocycles. The SMILES string of the molecule is [B]c1cc(-c2cn3ccc(N4CCCC4)cc3n2)c(OC(C)C)cc1OC. The highest BCUT2D eigenvalue weighted by atomic mass is 16.5.